The molecule has 1 heterocycles. The summed E-state index contributed by atoms with van der Waals surface area (Å²) in [5.74, 6) is 6.41. The highest BCUT2D eigenvalue weighted by Crippen LogP contribution is 2.07. The Balaban J connectivity index is 0.00000196. The number of amides is 1. The molecule has 1 amide bonds. The van der Waals surface area contributed by atoms with Crippen molar-refractivity contribution in [3.05, 3.63) is 0 Å². The summed E-state index contributed by atoms with van der Waals surface area (Å²) in [5, 5.41) is 0. The van der Waals surface area contributed by atoms with Crippen LogP contribution in [-0.2, 0) is 4.79 Å². The summed E-state index contributed by atoms with van der Waals surface area (Å²) in [6.45, 7) is 2.33. The van der Waals surface area contributed by atoms with Gasteiger partial charge in [0.1, 0.15) is 6.54 Å². The van der Waals surface area contributed by atoms with Gasteiger partial charge in [-0.15, -0.1) is 0 Å². The molecule has 0 saturated carbocycles. The number of likely N-dealkylation sites (tertiary alicyclic amines) is 1. The van der Waals surface area contributed by atoms with E-state index in [0.29, 0.717) is 13.0 Å². The molecule has 4 heteroatoms. The van der Waals surface area contributed by atoms with Gasteiger partial charge in [0.05, 0.1) is 27.7 Å². The van der Waals surface area contributed by atoms with Crippen LogP contribution in [0.5, 0.6) is 0 Å². The van der Waals surface area contributed by atoms with E-state index < -0.39 is 0 Å². The molecule has 15 heavy (non-hydrogen) atoms. The van der Waals surface area contributed by atoms with E-state index in [0.717, 1.165) is 24.0 Å². The molecule has 0 unspecified atom stereocenters. The number of rotatable bonds is 2. The molecular weight excluding hydrogens is 303 g/mol. The van der Waals surface area contributed by atoms with E-state index in [4.69, 9.17) is 0 Å². The van der Waals surface area contributed by atoms with E-state index >= 15 is 0 Å². The van der Waals surface area contributed by atoms with Gasteiger partial charge in [0.15, 0.2) is 0 Å². The van der Waals surface area contributed by atoms with Gasteiger partial charge in [0.25, 0.3) is 0 Å². The number of quaternary nitrogens is 1. The third-order valence-electron chi connectivity index (χ3n) is 2.12. The highest BCUT2D eigenvalue weighted by molar-refractivity contribution is 5.78. The van der Waals surface area contributed by atoms with Gasteiger partial charge in [-0.25, -0.2) is 0 Å². The highest BCUT2D eigenvalue weighted by Gasteiger charge is 2.18. The van der Waals surface area contributed by atoms with Crippen LogP contribution < -0.4 is 24.0 Å². The standard InChI is InChI=1S/C11H19N2O.HI/c1-13(2,3)10-5-4-8-12-9-6-7-11(12)14;/h6-10H2,1-3H3;1H/q+1;/p-1. The number of hydrogen-bond donors (Lipinski definition) is 0. The lowest BCUT2D eigenvalue weighted by Gasteiger charge is -2.20. The Morgan fingerprint density at radius 1 is 1.33 bits per heavy atom. The van der Waals surface area contributed by atoms with Gasteiger partial charge in [-0.2, -0.15) is 0 Å². The second-order valence-corrected chi connectivity index (χ2v) is 4.72. The lowest BCUT2D eigenvalue weighted by molar-refractivity contribution is -0.862. The van der Waals surface area contributed by atoms with Crippen LogP contribution in [0.3, 0.4) is 0 Å². The summed E-state index contributed by atoms with van der Waals surface area (Å²) >= 11 is 0. The zero-order valence-corrected chi connectivity index (χ0v) is 11.9. The molecule has 1 aliphatic heterocycles. The smallest absolute Gasteiger partial charge is 0.223 e. The molecule has 1 saturated heterocycles. The third kappa shape index (κ3) is 6.00. The van der Waals surface area contributed by atoms with Crippen molar-refractivity contribution in [1.29, 1.82) is 0 Å². The average molecular weight is 322 g/mol. The van der Waals surface area contributed by atoms with Crippen molar-refractivity contribution in [3.63, 3.8) is 0 Å². The summed E-state index contributed by atoms with van der Waals surface area (Å²) in [7, 11) is 6.32. The minimum Gasteiger partial charge on any atom is -1.00 e. The van der Waals surface area contributed by atoms with E-state index in [1.165, 1.54) is 0 Å². The normalized spacial score (nSPS) is 15.7. The number of carbonyl (C=O) groups excluding carboxylic acids is 1. The van der Waals surface area contributed by atoms with Crippen molar-refractivity contribution in [2.75, 3.05) is 40.8 Å². The Hall–Kier alpha value is -0.280. The lowest BCUT2D eigenvalue weighted by Crippen LogP contribution is -3.00. The minimum absolute atomic E-state index is 0. The van der Waals surface area contributed by atoms with E-state index in [9.17, 15) is 4.79 Å². The van der Waals surface area contributed by atoms with Crippen LogP contribution in [0.1, 0.15) is 12.8 Å². The summed E-state index contributed by atoms with van der Waals surface area (Å²) in [6, 6.07) is 0. The molecular formula is C11H19IN2O. The summed E-state index contributed by atoms with van der Waals surface area (Å²) in [5.41, 5.74) is 0. The molecule has 0 aromatic heterocycles. The van der Waals surface area contributed by atoms with Crippen LogP contribution >= 0.6 is 0 Å². The number of hydrogen-bond acceptors (Lipinski definition) is 1. The Bertz CT molecular complexity index is 273. The first-order valence-corrected chi connectivity index (χ1v) is 5.03. The molecule has 0 bridgehead atoms. The molecule has 86 valence electrons. The largest absolute Gasteiger partial charge is 1.00 e. The van der Waals surface area contributed by atoms with Crippen molar-refractivity contribution in [3.8, 4) is 11.8 Å². The maximum absolute atomic E-state index is 11.2. The Kier molecular flexibility index (Phi) is 6.22. The fourth-order valence-electron chi connectivity index (χ4n) is 1.32. The van der Waals surface area contributed by atoms with Gasteiger partial charge >= 0.3 is 0 Å². The number of carbonyl (C=O) groups is 1. The van der Waals surface area contributed by atoms with Crippen molar-refractivity contribution in [1.82, 2.24) is 4.90 Å². The van der Waals surface area contributed by atoms with Crippen LogP contribution in [0, 0.1) is 11.8 Å². The Labute approximate surface area is 109 Å². The van der Waals surface area contributed by atoms with Crippen molar-refractivity contribution in [2.24, 2.45) is 0 Å². The molecule has 1 fully saturated rings. The molecule has 1 aliphatic rings. The van der Waals surface area contributed by atoms with Crippen LogP contribution in [0.15, 0.2) is 0 Å². The fraction of sp³-hybridized carbons (Fsp3) is 0.727. The maximum Gasteiger partial charge on any atom is 0.223 e. The predicted molar refractivity (Wildman–Crippen MR) is 56.5 cm³/mol. The third-order valence-corrected chi connectivity index (χ3v) is 2.12. The second-order valence-electron chi connectivity index (χ2n) is 4.72. The SMILES string of the molecule is C[N+](C)(C)CC#CCN1CCCC1=O.[I-]. The highest BCUT2D eigenvalue weighted by atomic mass is 127. The lowest BCUT2D eigenvalue weighted by atomic mass is 10.4. The molecule has 0 aromatic rings. The van der Waals surface area contributed by atoms with Gasteiger partial charge in [0, 0.05) is 13.0 Å². The minimum atomic E-state index is 0. The first-order chi connectivity index (χ1) is 6.49. The molecule has 0 spiro atoms. The van der Waals surface area contributed by atoms with Gasteiger partial charge in [-0.3, -0.25) is 4.79 Å². The molecule has 3 nitrogen and oxygen atoms in total. The van der Waals surface area contributed by atoms with E-state index in [1.54, 1.807) is 0 Å². The number of halogens is 1. The summed E-state index contributed by atoms with van der Waals surface area (Å²) in [6.07, 6.45) is 1.70. The maximum atomic E-state index is 11.2. The Morgan fingerprint density at radius 3 is 2.47 bits per heavy atom. The van der Waals surface area contributed by atoms with Gasteiger partial charge in [-0.05, 0) is 12.3 Å². The van der Waals surface area contributed by atoms with Crippen LogP contribution in [0.4, 0.5) is 0 Å². The first-order valence-electron chi connectivity index (χ1n) is 5.03. The number of nitrogens with zero attached hydrogens (tertiary/aromatic N) is 2. The average Bonchev–Trinajstić information content (AvgIpc) is 2.44. The zero-order valence-electron chi connectivity index (χ0n) is 9.72. The van der Waals surface area contributed by atoms with E-state index in [2.05, 4.69) is 33.0 Å². The summed E-state index contributed by atoms with van der Waals surface area (Å²) < 4.78 is 0.848. The van der Waals surface area contributed by atoms with Crippen LogP contribution in [0.25, 0.3) is 0 Å². The molecule has 0 aliphatic carbocycles. The van der Waals surface area contributed by atoms with Crippen LogP contribution in [0.2, 0.25) is 0 Å². The Morgan fingerprint density at radius 2 is 2.00 bits per heavy atom. The predicted octanol–water partition coefficient (Wildman–Crippen LogP) is -2.68. The molecule has 1 rings (SSSR count). The van der Waals surface area contributed by atoms with E-state index in [-0.39, 0.29) is 29.9 Å². The first kappa shape index (κ1) is 14.7. The monoisotopic (exact) mass is 322 g/mol. The summed E-state index contributed by atoms with van der Waals surface area (Å²) in [4.78, 5) is 13.1. The second kappa shape index (κ2) is 6.33. The van der Waals surface area contributed by atoms with Gasteiger partial charge < -0.3 is 33.4 Å². The van der Waals surface area contributed by atoms with E-state index in [1.807, 2.05) is 4.90 Å². The zero-order chi connectivity index (χ0) is 10.6. The van der Waals surface area contributed by atoms with Crippen molar-refractivity contribution < 1.29 is 33.3 Å². The fourth-order valence-corrected chi connectivity index (χ4v) is 1.32. The molecule has 0 aromatic carbocycles. The molecule has 0 radical (unpaired) electrons. The van der Waals surface area contributed by atoms with Crippen LogP contribution in [-0.4, -0.2) is 56.1 Å². The van der Waals surface area contributed by atoms with Gasteiger partial charge in [0.2, 0.25) is 5.91 Å². The topological polar surface area (TPSA) is 20.3 Å². The van der Waals surface area contributed by atoms with Crippen molar-refractivity contribution >= 4 is 5.91 Å². The quantitative estimate of drug-likeness (QED) is 0.308. The van der Waals surface area contributed by atoms with Gasteiger partial charge in [-0.1, -0.05) is 5.92 Å². The molecule has 0 N–H and O–H groups in total. The van der Waals surface area contributed by atoms with Crippen molar-refractivity contribution in [2.45, 2.75) is 12.8 Å². The molecule has 0 atom stereocenters.